The van der Waals surface area contributed by atoms with Gasteiger partial charge in [-0.2, -0.15) is 0 Å². The monoisotopic (exact) mass is 476 g/mol. The average molecular weight is 477 g/mol. The number of ketones is 1. The second-order valence-corrected chi connectivity index (χ2v) is 10.9. The van der Waals surface area contributed by atoms with Crippen molar-refractivity contribution in [3.8, 4) is 0 Å². The predicted octanol–water partition coefficient (Wildman–Crippen LogP) is 2.29. The van der Waals surface area contributed by atoms with Crippen molar-refractivity contribution in [2.24, 2.45) is 23.5 Å². The fourth-order valence-corrected chi connectivity index (χ4v) is 5.36. The smallest absolute Gasteiger partial charge is 0.289 e. The van der Waals surface area contributed by atoms with E-state index in [1.54, 1.807) is 4.90 Å². The van der Waals surface area contributed by atoms with Crippen LogP contribution in [0.5, 0.6) is 0 Å². The molecule has 0 spiro atoms. The molecule has 34 heavy (non-hydrogen) atoms. The molecule has 2 heterocycles. The maximum Gasteiger partial charge on any atom is 0.289 e. The molecule has 0 radical (unpaired) electrons. The lowest BCUT2D eigenvalue weighted by molar-refractivity contribution is -0.143. The molecule has 3 fully saturated rings. The third-order valence-electron chi connectivity index (χ3n) is 7.78. The van der Waals surface area contributed by atoms with Gasteiger partial charge in [0.2, 0.25) is 17.6 Å². The van der Waals surface area contributed by atoms with Crippen molar-refractivity contribution in [1.82, 2.24) is 15.5 Å². The van der Waals surface area contributed by atoms with Gasteiger partial charge in [0.15, 0.2) is 0 Å². The molecule has 192 valence electrons. The minimum atomic E-state index is -0.862. The van der Waals surface area contributed by atoms with Crippen molar-refractivity contribution in [1.29, 1.82) is 0 Å². The Morgan fingerprint density at radius 1 is 0.971 bits per heavy atom. The molecule has 3 aliphatic rings. The summed E-state index contributed by atoms with van der Waals surface area (Å²) in [6, 6.07) is -2.13. The summed E-state index contributed by atoms with van der Waals surface area (Å²) in [6.07, 6.45) is 10.9. The van der Waals surface area contributed by atoms with E-state index in [1.165, 1.54) is 0 Å². The first kappa shape index (κ1) is 26.6. The van der Waals surface area contributed by atoms with Gasteiger partial charge in [-0.05, 0) is 49.9 Å². The van der Waals surface area contributed by atoms with Gasteiger partial charge in [0.05, 0.1) is 12.1 Å². The van der Waals surface area contributed by atoms with Gasteiger partial charge in [0.25, 0.3) is 5.91 Å². The van der Waals surface area contributed by atoms with Crippen LogP contribution in [0.3, 0.4) is 0 Å². The molecule has 8 heteroatoms. The van der Waals surface area contributed by atoms with Crippen molar-refractivity contribution in [2.45, 2.75) is 109 Å². The number of nitrogens with two attached hydrogens (primary N) is 1. The van der Waals surface area contributed by atoms with Crippen LogP contribution in [-0.4, -0.2) is 59.6 Å². The minimum absolute atomic E-state index is 0.00511. The van der Waals surface area contributed by atoms with Crippen LogP contribution in [0.15, 0.2) is 0 Å². The topological polar surface area (TPSA) is 122 Å². The number of fused-ring (bicyclic) bond motifs is 1. The maximum atomic E-state index is 13.5. The summed E-state index contributed by atoms with van der Waals surface area (Å²) < 4.78 is 0. The molecule has 4 N–H and O–H groups in total. The van der Waals surface area contributed by atoms with Crippen LogP contribution in [0.25, 0.3) is 0 Å². The normalized spacial score (nSPS) is 30.1. The number of carbonyl (C=O) groups excluding carboxylic acids is 4. The highest BCUT2D eigenvalue weighted by molar-refractivity contribution is 6.38. The van der Waals surface area contributed by atoms with Gasteiger partial charge < -0.3 is 21.3 Å². The van der Waals surface area contributed by atoms with Gasteiger partial charge in [-0.25, -0.2) is 0 Å². The van der Waals surface area contributed by atoms with Crippen LogP contribution in [0, 0.1) is 17.8 Å². The molecule has 3 amide bonds. The van der Waals surface area contributed by atoms with Crippen molar-refractivity contribution < 1.29 is 19.2 Å². The van der Waals surface area contributed by atoms with E-state index in [4.69, 9.17) is 5.73 Å². The maximum absolute atomic E-state index is 13.5. The van der Waals surface area contributed by atoms with Crippen molar-refractivity contribution in [2.75, 3.05) is 13.1 Å². The number of rotatable bonds is 5. The SMILES string of the molecule is CC(C)[C@H]1CCN2C(=O)[C@@H](N)CCCCCCCCC[C@@H](C(=O)C(=O)NCC3CC3)NC(=O)[C@H]12. The summed E-state index contributed by atoms with van der Waals surface area (Å²) in [5.74, 6) is -1.05. The number of Topliss-reactive ketones (excluding diaryl/α,β-unsaturated/α-hetero) is 1. The minimum Gasteiger partial charge on any atom is -0.349 e. The molecule has 2 aliphatic heterocycles. The second-order valence-electron chi connectivity index (χ2n) is 10.9. The first-order valence-corrected chi connectivity index (χ1v) is 13.5. The van der Waals surface area contributed by atoms with Crippen LogP contribution in [0.4, 0.5) is 0 Å². The van der Waals surface area contributed by atoms with Crippen molar-refractivity contribution in [3.63, 3.8) is 0 Å². The van der Waals surface area contributed by atoms with E-state index >= 15 is 0 Å². The Morgan fingerprint density at radius 3 is 2.21 bits per heavy atom. The van der Waals surface area contributed by atoms with Gasteiger partial charge in [-0.1, -0.05) is 58.8 Å². The average Bonchev–Trinajstić information content (AvgIpc) is 3.53. The van der Waals surface area contributed by atoms with E-state index in [-0.39, 0.29) is 23.7 Å². The third-order valence-corrected chi connectivity index (χ3v) is 7.78. The Balaban J connectivity index is 1.77. The van der Waals surface area contributed by atoms with Crippen LogP contribution in [0.2, 0.25) is 0 Å². The van der Waals surface area contributed by atoms with E-state index < -0.39 is 29.8 Å². The zero-order chi connectivity index (χ0) is 24.7. The third kappa shape index (κ3) is 7.27. The molecule has 3 rings (SSSR count). The van der Waals surface area contributed by atoms with Crippen LogP contribution < -0.4 is 16.4 Å². The zero-order valence-corrected chi connectivity index (χ0v) is 21.0. The quantitative estimate of drug-likeness (QED) is 0.526. The summed E-state index contributed by atoms with van der Waals surface area (Å²) in [5.41, 5.74) is 6.26. The van der Waals surface area contributed by atoms with E-state index in [0.717, 1.165) is 64.2 Å². The van der Waals surface area contributed by atoms with Gasteiger partial charge in [-0.3, -0.25) is 19.2 Å². The van der Waals surface area contributed by atoms with Crippen LogP contribution in [-0.2, 0) is 19.2 Å². The van der Waals surface area contributed by atoms with Gasteiger partial charge in [0.1, 0.15) is 6.04 Å². The number of hydrogen-bond donors (Lipinski definition) is 3. The molecule has 8 nitrogen and oxygen atoms in total. The molecule has 4 atom stereocenters. The van der Waals surface area contributed by atoms with E-state index in [2.05, 4.69) is 24.5 Å². The van der Waals surface area contributed by atoms with Crippen molar-refractivity contribution >= 4 is 23.5 Å². The van der Waals surface area contributed by atoms with Gasteiger partial charge in [0, 0.05) is 13.1 Å². The predicted molar refractivity (Wildman–Crippen MR) is 131 cm³/mol. The molecule has 0 bridgehead atoms. The Bertz CT molecular complexity index is 736. The number of nitrogens with one attached hydrogen (secondary N) is 2. The molecule has 0 aromatic heterocycles. The van der Waals surface area contributed by atoms with Gasteiger partial charge >= 0.3 is 0 Å². The second kappa shape index (κ2) is 12.7. The number of carbonyl (C=O) groups is 4. The lowest BCUT2D eigenvalue weighted by atomic mass is 9.87. The lowest BCUT2D eigenvalue weighted by Gasteiger charge is -2.32. The summed E-state index contributed by atoms with van der Waals surface area (Å²) in [6.45, 7) is 5.12. The molecular formula is C26H44N4O4. The number of hydrogen-bond acceptors (Lipinski definition) is 5. The summed E-state index contributed by atoms with van der Waals surface area (Å²) >= 11 is 0. The zero-order valence-electron chi connectivity index (χ0n) is 21.0. The highest BCUT2D eigenvalue weighted by atomic mass is 16.2. The standard InChI is InChI=1S/C26H44N4O4/c1-17(2)19-14-15-30-22(19)24(32)29-21(23(31)25(33)28-16-18-12-13-18)11-9-7-5-3-4-6-8-10-20(27)26(30)34/h17-22H,3-16,27H2,1-2H3,(H,28,33)(H,29,32)/t19-,20+,21+,22+/m1/s1. The number of nitrogens with zero attached hydrogens (tertiary/aromatic N) is 1. The molecular weight excluding hydrogens is 432 g/mol. The fraction of sp³-hybridized carbons (Fsp3) is 0.846. The first-order chi connectivity index (χ1) is 16.3. The van der Waals surface area contributed by atoms with E-state index in [9.17, 15) is 19.2 Å². The fourth-order valence-electron chi connectivity index (χ4n) is 5.36. The summed E-state index contributed by atoms with van der Waals surface area (Å²) in [4.78, 5) is 53.9. The molecule has 0 unspecified atom stereocenters. The molecule has 0 aromatic carbocycles. The molecule has 2 saturated heterocycles. The Kier molecular flexibility index (Phi) is 9.92. The van der Waals surface area contributed by atoms with E-state index in [1.807, 2.05) is 0 Å². The Morgan fingerprint density at radius 2 is 1.59 bits per heavy atom. The molecule has 1 saturated carbocycles. The summed E-state index contributed by atoms with van der Waals surface area (Å²) in [5, 5.41) is 5.63. The highest BCUT2D eigenvalue weighted by Gasteiger charge is 2.45. The molecule has 1 aliphatic carbocycles. The Hall–Kier alpha value is -1.96. The first-order valence-electron chi connectivity index (χ1n) is 13.5. The van der Waals surface area contributed by atoms with Crippen LogP contribution in [0.1, 0.15) is 90.9 Å². The number of amides is 3. The van der Waals surface area contributed by atoms with Crippen LogP contribution >= 0.6 is 0 Å². The summed E-state index contributed by atoms with van der Waals surface area (Å²) in [7, 11) is 0. The van der Waals surface area contributed by atoms with E-state index in [0.29, 0.717) is 31.8 Å². The lowest BCUT2D eigenvalue weighted by Crippen LogP contribution is -2.57. The molecule has 0 aromatic rings. The Labute approximate surface area is 204 Å². The van der Waals surface area contributed by atoms with Crippen molar-refractivity contribution in [3.05, 3.63) is 0 Å². The highest BCUT2D eigenvalue weighted by Crippen LogP contribution is 2.32. The van der Waals surface area contributed by atoms with Gasteiger partial charge in [-0.15, -0.1) is 0 Å². The largest absolute Gasteiger partial charge is 0.349 e.